The predicted octanol–water partition coefficient (Wildman–Crippen LogP) is 0.488. The van der Waals surface area contributed by atoms with E-state index in [0.717, 1.165) is 6.54 Å². The topological polar surface area (TPSA) is 47.0 Å². The zero-order valence-corrected chi connectivity index (χ0v) is 7.79. The van der Waals surface area contributed by atoms with Crippen LogP contribution in [0.5, 0.6) is 0 Å². The third kappa shape index (κ3) is 1.80. The van der Waals surface area contributed by atoms with Crippen molar-refractivity contribution in [2.75, 3.05) is 19.7 Å². The van der Waals surface area contributed by atoms with E-state index in [0.29, 0.717) is 19.0 Å². The van der Waals surface area contributed by atoms with E-state index in [2.05, 4.69) is 15.3 Å². The Morgan fingerprint density at radius 2 is 2.23 bits per heavy atom. The van der Waals surface area contributed by atoms with E-state index in [1.807, 2.05) is 0 Å². The summed E-state index contributed by atoms with van der Waals surface area (Å²) in [7, 11) is 0. The Morgan fingerprint density at radius 1 is 1.46 bits per heavy atom. The zero-order valence-electron chi connectivity index (χ0n) is 7.03. The van der Waals surface area contributed by atoms with Gasteiger partial charge in [-0.2, -0.15) is 0 Å². The van der Waals surface area contributed by atoms with E-state index in [1.54, 1.807) is 18.5 Å². The molecular formula is C8H10ClN3O. The molecule has 0 radical (unpaired) electrons. The number of alkyl halides is 1. The molecule has 0 amide bonds. The number of ether oxygens (including phenoxy) is 1. The Labute approximate surface area is 81.3 Å². The molecular weight excluding hydrogens is 190 g/mol. The molecule has 1 aromatic heterocycles. The van der Waals surface area contributed by atoms with Crippen molar-refractivity contribution in [3.05, 3.63) is 24.3 Å². The number of halogens is 1. The van der Waals surface area contributed by atoms with Gasteiger partial charge in [0.25, 0.3) is 0 Å². The van der Waals surface area contributed by atoms with E-state index < -0.39 is 5.06 Å². The lowest BCUT2D eigenvalue weighted by molar-refractivity contribution is -0.0133. The van der Waals surface area contributed by atoms with Gasteiger partial charge >= 0.3 is 0 Å². The first-order chi connectivity index (χ1) is 6.31. The Bertz CT molecular complexity index is 274. The van der Waals surface area contributed by atoms with E-state index in [4.69, 9.17) is 16.3 Å². The fourth-order valence-corrected chi connectivity index (χ4v) is 1.49. The Balaban J connectivity index is 2.23. The van der Waals surface area contributed by atoms with Crippen molar-refractivity contribution in [2.24, 2.45) is 0 Å². The summed E-state index contributed by atoms with van der Waals surface area (Å²) >= 11 is 6.19. The number of aromatic nitrogens is 2. The second kappa shape index (κ2) is 3.57. The van der Waals surface area contributed by atoms with Gasteiger partial charge in [0, 0.05) is 25.5 Å². The molecule has 1 unspecified atom stereocenters. The maximum Gasteiger partial charge on any atom is 0.214 e. The smallest absolute Gasteiger partial charge is 0.214 e. The van der Waals surface area contributed by atoms with E-state index in [1.165, 1.54) is 0 Å². The van der Waals surface area contributed by atoms with Crippen LogP contribution in [-0.2, 0) is 9.80 Å². The quantitative estimate of drug-likeness (QED) is 0.669. The molecule has 1 fully saturated rings. The number of rotatable bonds is 1. The van der Waals surface area contributed by atoms with Crippen LogP contribution in [-0.4, -0.2) is 29.7 Å². The first-order valence-corrected chi connectivity index (χ1v) is 4.50. The number of morpholine rings is 1. The fourth-order valence-electron chi connectivity index (χ4n) is 1.22. The molecule has 0 bridgehead atoms. The Kier molecular flexibility index (Phi) is 2.44. The van der Waals surface area contributed by atoms with Crippen LogP contribution in [0.3, 0.4) is 0 Å². The van der Waals surface area contributed by atoms with Crippen LogP contribution in [0.4, 0.5) is 0 Å². The van der Waals surface area contributed by atoms with Gasteiger partial charge in [0.1, 0.15) is 0 Å². The van der Waals surface area contributed by atoms with Crippen LogP contribution >= 0.6 is 11.6 Å². The van der Waals surface area contributed by atoms with E-state index in [-0.39, 0.29) is 0 Å². The standard InChI is InChI=1S/C8H10ClN3O/c9-8(6-10-4-5-13-8)7-11-2-1-3-12-7/h1-3,10H,4-6H2. The van der Waals surface area contributed by atoms with Gasteiger partial charge < -0.3 is 10.1 Å². The Hall–Kier alpha value is -0.710. The summed E-state index contributed by atoms with van der Waals surface area (Å²) in [6, 6.07) is 1.75. The summed E-state index contributed by atoms with van der Waals surface area (Å²) in [6.45, 7) is 1.95. The minimum atomic E-state index is -0.889. The van der Waals surface area contributed by atoms with Crippen molar-refractivity contribution in [1.29, 1.82) is 0 Å². The molecule has 13 heavy (non-hydrogen) atoms. The molecule has 1 saturated heterocycles. The number of hydrogen-bond donors (Lipinski definition) is 1. The van der Waals surface area contributed by atoms with Crippen LogP contribution in [0.15, 0.2) is 18.5 Å². The maximum atomic E-state index is 6.19. The van der Waals surface area contributed by atoms with Crippen molar-refractivity contribution in [2.45, 2.75) is 5.06 Å². The van der Waals surface area contributed by atoms with E-state index >= 15 is 0 Å². The van der Waals surface area contributed by atoms with Gasteiger partial charge in [-0.05, 0) is 6.07 Å². The molecule has 1 aromatic rings. The van der Waals surface area contributed by atoms with Crippen molar-refractivity contribution in [1.82, 2.24) is 15.3 Å². The van der Waals surface area contributed by atoms with Crippen LogP contribution in [0, 0.1) is 0 Å². The molecule has 0 spiro atoms. The lowest BCUT2D eigenvalue weighted by atomic mass is 10.3. The summed E-state index contributed by atoms with van der Waals surface area (Å²) in [4.78, 5) is 8.13. The number of hydrogen-bond acceptors (Lipinski definition) is 4. The first-order valence-electron chi connectivity index (χ1n) is 4.12. The molecule has 5 heteroatoms. The highest BCUT2D eigenvalue weighted by Crippen LogP contribution is 2.27. The lowest BCUT2D eigenvalue weighted by Crippen LogP contribution is -2.44. The largest absolute Gasteiger partial charge is 0.350 e. The summed E-state index contributed by atoms with van der Waals surface area (Å²) in [5.41, 5.74) is 0. The Morgan fingerprint density at radius 3 is 2.85 bits per heavy atom. The third-order valence-electron chi connectivity index (χ3n) is 1.86. The van der Waals surface area contributed by atoms with Gasteiger partial charge in [-0.15, -0.1) is 0 Å². The summed E-state index contributed by atoms with van der Waals surface area (Å²) in [6.07, 6.45) is 3.31. The highest BCUT2D eigenvalue weighted by Gasteiger charge is 2.35. The minimum absolute atomic E-state index is 0.517. The van der Waals surface area contributed by atoms with Gasteiger partial charge in [0.05, 0.1) is 6.61 Å². The lowest BCUT2D eigenvalue weighted by Gasteiger charge is -2.30. The van der Waals surface area contributed by atoms with Crippen LogP contribution < -0.4 is 5.32 Å². The number of nitrogens with zero attached hydrogens (tertiary/aromatic N) is 2. The molecule has 2 heterocycles. The van der Waals surface area contributed by atoms with Crippen molar-refractivity contribution in [3.8, 4) is 0 Å². The molecule has 0 saturated carbocycles. The second-order valence-electron chi connectivity index (χ2n) is 2.83. The van der Waals surface area contributed by atoms with Gasteiger partial charge in [0.15, 0.2) is 5.82 Å². The zero-order chi connectivity index (χ0) is 9.15. The van der Waals surface area contributed by atoms with Crippen LogP contribution in [0.2, 0.25) is 0 Å². The summed E-state index contributed by atoms with van der Waals surface area (Å²) < 4.78 is 5.43. The average Bonchev–Trinajstić information content (AvgIpc) is 2.20. The molecule has 2 rings (SSSR count). The molecule has 1 atom stereocenters. The predicted molar refractivity (Wildman–Crippen MR) is 48.4 cm³/mol. The van der Waals surface area contributed by atoms with Gasteiger partial charge in [0.2, 0.25) is 5.06 Å². The molecule has 1 aliphatic heterocycles. The molecule has 1 N–H and O–H groups in total. The second-order valence-corrected chi connectivity index (χ2v) is 3.44. The average molecular weight is 200 g/mol. The van der Waals surface area contributed by atoms with Crippen molar-refractivity contribution in [3.63, 3.8) is 0 Å². The fraction of sp³-hybridized carbons (Fsp3) is 0.500. The molecule has 4 nitrogen and oxygen atoms in total. The highest BCUT2D eigenvalue weighted by molar-refractivity contribution is 6.22. The molecule has 70 valence electrons. The normalized spacial score (nSPS) is 28.7. The third-order valence-corrected chi connectivity index (χ3v) is 2.27. The maximum absolute atomic E-state index is 6.19. The molecule has 1 aliphatic rings. The SMILES string of the molecule is ClC1(c2ncccn2)CNCCO1. The van der Waals surface area contributed by atoms with Gasteiger partial charge in [-0.3, -0.25) is 0 Å². The number of nitrogens with one attached hydrogen (secondary N) is 1. The van der Waals surface area contributed by atoms with Gasteiger partial charge in [-0.25, -0.2) is 9.97 Å². The summed E-state index contributed by atoms with van der Waals surface area (Å²) in [5, 5.41) is 2.25. The monoisotopic (exact) mass is 199 g/mol. The molecule has 0 aromatic carbocycles. The van der Waals surface area contributed by atoms with Crippen LogP contribution in [0.25, 0.3) is 0 Å². The van der Waals surface area contributed by atoms with Crippen LogP contribution in [0.1, 0.15) is 5.82 Å². The molecule has 0 aliphatic carbocycles. The van der Waals surface area contributed by atoms with Crippen molar-refractivity contribution >= 4 is 11.6 Å². The van der Waals surface area contributed by atoms with E-state index in [9.17, 15) is 0 Å². The first kappa shape index (κ1) is 8.87. The minimum Gasteiger partial charge on any atom is -0.350 e. The highest BCUT2D eigenvalue weighted by atomic mass is 35.5. The van der Waals surface area contributed by atoms with Crippen molar-refractivity contribution < 1.29 is 4.74 Å². The van der Waals surface area contributed by atoms with Gasteiger partial charge in [-0.1, -0.05) is 11.6 Å². The summed E-state index contributed by atoms with van der Waals surface area (Å²) in [5.74, 6) is 0.517.